The van der Waals surface area contributed by atoms with Gasteiger partial charge in [-0.2, -0.15) is 0 Å². The molecule has 0 aromatic heterocycles. The highest BCUT2D eigenvalue weighted by atomic mass is 35.5. The summed E-state index contributed by atoms with van der Waals surface area (Å²) in [6.07, 6.45) is 3.76. The van der Waals surface area contributed by atoms with Gasteiger partial charge in [0.25, 0.3) is 0 Å². The van der Waals surface area contributed by atoms with Crippen LogP contribution in [-0.4, -0.2) is 19.3 Å². The van der Waals surface area contributed by atoms with Crippen molar-refractivity contribution < 1.29 is 9.47 Å². The summed E-state index contributed by atoms with van der Waals surface area (Å²) in [5.74, 6) is 3.04. The Morgan fingerprint density at radius 2 is 1.80 bits per heavy atom. The van der Waals surface area contributed by atoms with Crippen LogP contribution in [0.15, 0.2) is 12.1 Å². The number of nitrogens with one attached hydrogen (secondary N) is 1. The minimum Gasteiger partial charge on any atom is -0.486 e. The fourth-order valence-corrected chi connectivity index (χ4v) is 3.46. The predicted molar refractivity (Wildman–Crippen MR) is 82.0 cm³/mol. The van der Waals surface area contributed by atoms with Gasteiger partial charge in [0.05, 0.1) is 10.7 Å². The zero-order chi connectivity index (χ0) is 14.1. The van der Waals surface area contributed by atoms with Crippen LogP contribution in [0.5, 0.6) is 11.5 Å². The Kier molecular flexibility index (Phi) is 3.97. The van der Waals surface area contributed by atoms with Gasteiger partial charge in [0.1, 0.15) is 13.2 Å². The third kappa shape index (κ3) is 2.83. The lowest BCUT2D eigenvalue weighted by Crippen LogP contribution is -2.33. The van der Waals surface area contributed by atoms with Crippen molar-refractivity contribution in [3.05, 3.63) is 17.2 Å². The maximum Gasteiger partial charge on any atom is 0.163 e. The van der Waals surface area contributed by atoms with Gasteiger partial charge >= 0.3 is 0 Å². The molecule has 2 aliphatic rings. The Balaban J connectivity index is 1.77. The summed E-state index contributed by atoms with van der Waals surface area (Å²) in [5.41, 5.74) is 0.960. The largest absolute Gasteiger partial charge is 0.486 e. The zero-order valence-corrected chi connectivity index (χ0v) is 12.9. The van der Waals surface area contributed by atoms with Gasteiger partial charge in [-0.25, -0.2) is 0 Å². The summed E-state index contributed by atoms with van der Waals surface area (Å²) >= 11 is 6.36. The molecule has 1 aromatic rings. The second-order valence-corrected chi connectivity index (χ2v) is 6.53. The highest BCUT2D eigenvalue weighted by Gasteiger charge is 2.26. The number of anilines is 1. The quantitative estimate of drug-likeness (QED) is 0.880. The van der Waals surface area contributed by atoms with E-state index in [1.807, 2.05) is 12.1 Å². The van der Waals surface area contributed by atoms with Gasteiger partial charge in [0, 0.05) is 18.2 Å². The van der Waals surface area contributed by atoms with Crippen LogP contribution in [0.3, 0.4) is 0 Å². The second-order valence-electron chi connectivity index (χ2n) is 6.12. The molecule has 1 saturated carbocycles. The van der Waals surface area contributed by atoms with Crippen LogP contribution in [0.25, 0.3) is 0 Å². The molecule has 0 saturated heterocycles. The van der Waals surface area contributed by atoms with Crippen molar-refractivity contribution in [2.75, 3.05) is 18.5 Å². The van der Waals surface area contributed by atoms with E-state index in [-0.39, 0.29) is 0 Å². The molecule has 1 fully saturated rings. The van der Waals surface area contributed by atoms with E-state index in [9.17, 15) is 0 Å². The van der Waals surface area contributed by atoms with E-state index in [0.717, 1.165) is 23.1 Å². The molecule has 0 spiro atoms. The van der Waals surface area contributed by atoms with Crippen molar-refractivity contribution in [1.29, 1.82) is 0 Å². The first-order valence-corrected chi connectivity index (χ1v) is 7.87. The molecule has 1 aliphatic carbocycles. The van der Waals surface area contributed by atoms with Crippen LogP contribution >= 0.6 is 11.6 Å². The Bertz CT molecular complexity index is 492. The van der Waals surface area contributed by atoms with E-state index in [2.05, 4.69) is 19.2 Å². The number of rotatable bonds is 2. The molecular weight excluding hydrogens is 274 g/mol. The highest BCUT2D eigenvalue weighted by Crippen LogP contribution is 2.39. The number of hydrogen-bond donors (Lipinski definition) is 1. The van der Waals surface area contributed by atoms with Crippen molar-refractivity contribution in [2.45, 2.75) is 39.2 Å². The normalized spacial score (nSPS) is 29.1. The summed E-state index contributed by atoms with van der Waals surface area (Å²) < 4.78 is 11.2. The maximum absolute atomic E-state index is 6.36. The summed E-state index contributed by atoms with van der Waals surface area (Å²) in [6, 6.07) is 4.32. The molecule has 3 rings (SSSR count). The Hall–Kier alpha value is -1.09. The van der Waals surface area contributed by atoms with Gasteiger partial charge in [-0.15, -0.1) is 0 Å². The fraction of sp³-hybridized carbons (Fsp3) is 0.625. The number of halogens is 1. The standard InChI is InChI=1S/C16H22ClNO2/c1-10-3-4-13(11(2)7-10)18-14-9-16-15(8-12(14)17)19-5-6-20-16/h8-11,13,18H,3-7H2,1-2H3. The SMILES string of the molecule is CC1CCC(Nc2cc3c(cc2Cl)OCCO3)C(C)C1. The summed E-state index contributed by atoms with van der Waals surface area (Å²) in [5, 5.41) is 4.31. The molecule has 3 atom stereocenters. The van der Waals surface area contributed by atoms with Crippen molar-refractivity contribution >= 4 is 17.3 Å². The molecule has 20 heavy (non-hydrogen) atoms. The minimum absolute atomic E-state index is 0.492. The average molecular weight is 296 g/mol. The van der Waals surface area contributed by atoms with Gasteiger partial charge in [-0.1, -0.05) is 25.4 Å². The van der Waals surface area contributed by atoms with Crippen LogP contribution in [0.1, 0.15) is 33.1 Å². The third-order valence-electron chi connectivity index (χ3n) is 4.40. The molecular formula is C16H22ClNO2. The van der Waals surface area contributed by atoms with Crippen molar-refractivity contribution in [3.63, 3.8) is 0 Å². The molecule has 1 aromatic carbocycles. The van der Waals surface area contributed by atoms with E-state index in [4.69, 9.17) is 21.1 Å². The lowest BCUT2D eigenvalue weighted by atomic mass is 9.80. The number of fused-ring (bicyclic) bond motifs is 1. The Morgan fingerprint density at radius 3 is 2.50 bits per heavy atom. The van der Waals surface area contributed by atoms with Crippen molar-refractivity contribution in [2.24, 2.45) is 11.8 Å². The fourth-order valence-electron chi connectivity index (χ4n) is 3.25. The first-order valence-electron chi connectivity index (χ1n) is 7.49. The van der Waals surface area contributed by atoms with Crippen LogP contribution in [0.4, 0.5) is 5.69 Å². The first-order chi connectivity index (χ1) is 9.63. The van der Waals surface area contributed by atoms with Crippen molar-refractivity contribution in [3.8, 4) is 11.5 Å². The Labute approximate surface area is 125 Å². The minimum atomic E-state index is 0.492. The summed E-state index contributed by atoms with van der Waals surface area (Å²) in [6.45, 7) is 5.85. The van der Waals surface area contributed by atoms with E-state index in [1.54, 1.807) is 0 Å². The van der Waals surface area contributed by atoms with Gasteiger partial charge in [0.2, 0.25) is 0 Å². The van der Waals surface area contributed by atoms with Crippen LogP contribution in [-0.2, 0) is 0 Å². The molecule has 1 aliphatic heterocycles. The molecule has 0 bridgehead atoms. The number of benzene rings is 1. The first kappa shape index (κ1) is 13.9. The van der Waals surface area contributed by atoms with Crippen LogP contribution < -0.4 is 14.8 Å². The molecule has 0 amide bonds. The van der Waals surface area contributed by atoms with E-state index < -0.39 is 0 Å². The topological polar surface area (TPSA) is 30.5 Å². The monoisotopic (exact) mass is 295 g/mol. The third-order valence-corrected chi connectivity index (χ3v) is 4.72. The molecule has 3 nitrogen and oxygen atoms in total. The van der Waals surface area contributed by atoms with Gasteiger partial charge in [-0.05, 0) is 31.1 Å². The van der Waals surface area contributed by atoms with Crippen molar-refractivity contribution in [1.82, 2.24) is 0 Å². The number of ether oxygens (including phenoxy) is 2. The average Bonchev–Trinajstić information content (AvgIpc) is 2.42. The molecule has 110 valence electrons. The molecule has 3 unspecified atom stereocenters. The van der Waals surface area contributed by atoms with Crippen LogP contribution in [0, 0.1) is 11.8 Å². The summed E-state index contributed by atoms with van der Waals surface area (Å²) in [4.78, 5) is 0. The van der Waals surface area contributed by atoms with Gasteiger partial charge < -0.3 is 14.8 Å². The lowest BCUT2D eigenvalue weighted by Gasteiger charge is -2.34. The van der Waals surface area contributed by atoms with Crippen LogP contribution in [0.2, 0.25) is 5.02 Å². The molecule has 0 radical (unpaired) electrons. The van der Waals surface area contributed by atoms with Gasteiger partial charge in [0.15, 0.2) is 11.5 Å². The molecule has 1 heterocycles. The Morgan fingerprint density at radius 1 is 1.10 bits per heavy atom. The number of hydrogen-bond acceptors (Lipinski definition) is 3. The lowest BCUT2D eigenvalue weighted by molar-refractivity contribution is 0.171. The zero-order valence-electron chi connectivity index (χ0n) is 12.1. The smallest absolute Gasteiger partial charge is 0.163 e. The van der Waals surface area contributed by atoms with E-state index in [1.165, 1.54) is 19.3 Å². The van der Waals surface area contributed by atoms with E-state index >= 15 is 0 Å². The molecule has 1 N–H and O–H groups in total. The maximum atomic E-state index is 6.36. The van der Waals surface area contributed by atoms with Gasteiger partial charge in [-0.3, -0.25) is 0 Å². The predicted octanol–water partition coefficient (Wildman–Crippen LogP) is 4.35. The van der Waals surface area contributed by atoms with E-state index in [0.29, 0.717) is 30.2 Å². The highest BCUT2D eigenvalue weighted by molar-refractivity contribution is 6.33. The molecule has 4 heteroatoms. The second kappa shape index (κ2) is 5.72. The summed E-state index contributed by atoms with van der Waals surface area (Å²) in [7, 11) is 0.